The molecule has 0 unspecified atom stereocenters. The van der Waals surface area contributed by atoms with Gasteiger partial charge in [-0.15, -0.1) is 12.6 Å². The van der Waals surface area contributed by atoms with Crippen LogP contribution < -0.4 is 5.56 Å². The maximum Gasteiger partial charge on any atom is 0.346 e. The number of aromatic nitrogens is 1. The number of hydrogen-bond donors (Lipinski definition) is 1. The van der Waals surface area contributed by atoms with E-state index in [-0.39, 0.29) is 10.5 Å². The Morgan fingerprint density at radius 3 is 2.36 bits per heavy atom. The molecule has 2 aromatic carbocycles. The van der Waals surface area contributed by atoms with Crippen molar-refractivity contribution in [2.45, 2.75) is 26.7 Å². The first-order chi connectivity index (χ1) is 15.8. The minimum absolute atomic E-state index is 0.105. The van der Waals surface area contributed by atoms with Gasteiger partial charge in [-0.3, -0.25) is 9.36 Å². The third-order valence-electron chi connectivity index (χ3n) is 6.10. The van der Waals surface area contributed by atoms with Crippen LogP contribution in [0.15, 0.2) is 63.2 Å². The number of likely N-dealkylation sites (tertiary alicyclic amines) is 1. The molecule has 4 rings (SSSR count). The predicted molar refractivity (Wildman–Crippen MR) is 136 cm³/mol. The molecular weight excluding hydrogens is 434 g/mol. The molecule has 0 bridgehead atoms. The number of aliphatic imine (C=N–C) groups is 1. The van der Waals surface area contributed by atoms with Crippen molar-refractivity contribution in [3.8, 4) is 5.69 Å². The number of carbonyl (C=O) groups is 1. The Morgan fingerprint density at radius 2 is 1.73 bits per heavy atom. The summed E-state index contributed by atoms with van der Waals surface area (Å²) in [7, 11) is 3.31. The van der Waals surface area contributed by atoms with Gasteiger partial charge in [0.25, 0.3) is 5.56 Å². The van der Waals surface area contributed by atoms with E-state index in [1.807, 2.05) is 63.4 Å². The van der Waals surface area contributed by atoms with Crippen molar-refractivity contribution < 1.29 is 9.53 Å². The number of ether oxygens (including phenoxy) is 1. The van der Waals surface area contributed by atoms with Crippen molar-refractivity contribution in [3.05, 3.63) is 80.6 Å². The molecule has 0 atom stereocenters. The van der Waals surface area contributed by atoms with Gasteiger partial charge in [0.05, 0.1) is 18.5 Å². The van der Waals surface area contributed by atoms with E-state index >= 15 is 0 Å². The summed E-state index contributed by atoms with van der Waals surface area (Å²) in [5, 5.41) is 1.27. The highest BCUT2D eigenvalue weighted by molar-refractivity contribution is 7.85. The van der Waals surface area contributed by atoms with E-state index < -0.39 is 5.97 Å². The number of rotatable bonds is 4. The SMILES string of the molecule is COC(=O)/C(S)=C(\N=C1CCCN1C)c1c(C)n(-c2ccccc2C)c(=O)c2ccccc12. The van der Waals surface area contributed by atoms with E-state index in [0.29, 0.717) is 22.3 Å². The molecule has 0 radical (unpaired) electrons. The standard InChI is InChI=1S/C26H27N3O3S/c1-16-10-5-8-13-20(16)29-17(2)22(18-11-6-7-12-19(18)25(29)30)23(24(33)26(31)32-4)27-21-14-9-15-28(21)3/h5-8,10-13,33H,9,14-15H2,1-4H3/b24-23+,27-21?. The number of methoxy groups -OCH3 is 1. The van der Waals surface area contributed by atoms with Crippen molar-refractivity contribution in [3.63, 3.8) is 0 Å². The van der Waals surface area contributed by atoms with Crippen LogP contribution >= 0.6 is 12.6 Å². The molecule has 6 nitrogen and oxygen atoms in total. The molecule has 7 heteroatoms. The summed E-state index contributed by atoms with van der Waals surface area (Å²) >= 11 is 4.55. The number of esters is 1. The minimum atomic E-state index is -0.574. The van der Waals surface area contributed by atoms with E-state index in [1.165, 1.54) is 7.11 Å². The molecule has 0 amide bonds. The molecule has 0 saturated carbocycles. The van der Waals surface area contributed by atoms with Crippen molar-refractivity contribution in [2.24, 2.45) is 4.99 Å². The predicted octanol–water partition coefficient (Wildman–Crippen LogP) is 4.50. The van der Waals surface area contributed by atoms with Gasteiger partial charge in [0.15, 0.2) is 0 Å². The van der Waals surface area contributed by atoms with Gasteiger partial charge in [-0.05, 0) is 43.4 Å². The Morgan fingerprint density at radius 1 is 1.06 bits per heavy atom. The summed E-state index contributed by atoms with van der Waals surface area (Å²) < 4.78 is 6.69. The lowest BCUT2D eigenvalue weighted by molar-refractivity contribution is -0.135. The van der Waals surface area contributed by atoms with Crippen LogP contribution in [-0.2, 0) is 9.53 Å². The number of carbonyl (C=O) groups excluding carboxylic acids is 1. The Balaban J connectivity index is 2.16. The van der Waals surface area contributed by atoms with Crippen LogP contribution in [0.4, 0.5) is 0 Å². The third-order valence-corrected chi connectivity index (χ3v) is 6.49. The van der Waals surface area contributed by atoms with Gasteiger partial charge in [0, 0.05) is 36.7 Å². The zero-order valence-electron chi connectivity index (χ0n) is 19.3. The molecule has 170 valence electrons. The van der Waals surface area contributed by atoms with Gasteiger partial charge < -0.3 is 9.64 Å². The second-order valence-electron chi connectivity index (χ2n) is 8.17. The molecule has 1 saturated heterocycles. The van der Waals surface area contributed by atoms with Crippen LogP contribution in [0.25, 0.3) is 22.2 Å². The molecule has 1 aromatic heterocycles. The number of para-hydroxylation sites is 1. The summed E-state index contributed by atoms with van der Waals surface area (Å²) in [4.78, 5) is 33.3. The molecule has 33 heavy (non-hydrogen) atoms. The van der Waals surface area contributed by atoms with Crippen molar-refractivity contribution >= 4 is 40.9 Å². The van der Waals surface area contributed by atoms with Crippen molar-refractivity contribution in [2.75, 3.05) is 20.7 Å². The lowest BCUT2D eigenvalue weighted by Gasteiger charge is -2.21. The number of amidine groups is 1. The van der Waals surface area contributed by atoms with Crippen molar-refractivity contribution in [1.82, 2.24) is 9.47 Å². The average Bonchev–Trinajstić information content (AvgIpc) is 3.23. The molecule has 0 N–H and O–H groups in total. The van der Waals surface area contributed by atoms with Gasteiger partial charge in [-0.2, -0.15) is 0 Å². The average molecular weight is 462 g/mol. The maximum atomic E-state index is 13.6. The van der Waals surface area contributed by atoms with Gasteiger partial charge in [0.1, 0.15) is 10.7 Å². The van der Waals surface area contributed by atoms with Crippen LogP contribution in [0, 0.1) is 13.8 Å². The van der Waals surface area contributed by atoms with E-state index in [1.54, 1.807) is 10.6 Å². The summed E-state index contributed by atoms with van der Waals surface area (Å²) in [6.45, 7) is 4.75. The molecule has 3 aromatic rings. The molecule has 1 aliphatic heterocycles. The highest BCUT2D eigenvalue weighted by Gasteiger charge is 2.24. The van der Waals surface area contributed by atoms with Crippen LogP contribution in [0.3, 0.4) is 0 Å². The largest absolute Gasteiger partial charge is 0.465 e. The normalized spacial score (nSPS) is 15.8. The fourth-order valence-electron chi connectivity index (χ4n) is 4.36. The number of benzene rings is 2. The summed E-state index contributed by atoms with van der Waals surface area (Å²) in [6.07, 6.45) is 1.79. The van der Waals surface area contributed by atoms with Crippen LogP contribution in [-0.4, -0.2) is 42.0 Å². The highest BCUT2D eigenvalue weighted by Crippen LogP contribution is 2.34. The molecule has 1 aliphatic rings. The molecule has 1 fully saturated rings. The van der Waals surface area contributed by atoms with Crippen LogP contribution in [0.2, 0.25) is 0 Å². The summed E-state index contributed by atoms with van der Waals surface area (Å²) in [5.41, 5.74) is 3.42. The smallest absolute Gasteiger partial charge is 0.346 e. The number of nitrogens with zero attached hydrogens (tertiary/aromatic N) is 3. The first kappa shape index (κ1) is 22.9. The van der Waals surface area contributed by atoms with E-state index in [2.05, 4.69) is 17.5 Å². The number of hydrogen-bond acceptors (Lipinski definition) is 5. The van der Waals surface area contributed by atoms with Crippen LogP contribution in [0.5, 0.6) is 0 Å². The number of aryl methyl sites for hydroxylation is 1. The van der Waals surface area contributed by atoms with Crippen LogP contribution in [0.1, 0.15) is 29.7 Å². The van der Waals surface area contributed by atoms with E-state index in [0.717, 1.165) is 41.9 Å². The van der Waals surface area contributed by atoms with Gasteiger partial charge in [-0.1, -0.05) is 36.4 Å². The lowest BCUT2D eigenvalue weighted by Crippen LogP contribution is -2.24. The first-order valence-corrected chi connectivity index (χ1v) is 11.3. The Hall–Kier alpha value is -3.32. The first-order valence-electron chi connectivity index (χ1n) is 10.9. The van der Waals surface area contributed by atoms with E-state index in [4.69, 9.17) is 9.73 Å². The fourth-order valence-corrected chi connectivity index (χ4v) is 4.61. The minimum Gasteiger partial charge on any atom is -0.465 e. The number of fused-ring (bicyclic) bond motifs is 1. The molecular formula is C26H27N3O3S. The zero-order valence-corrected chi connectivity index (χ0v) is 20.1. The van der Waals surface area contributed by atoms with Gasteiger partial charge in [-0.25, -0.2) is 9.79 Å². The summed E-state index contributed by atoms with van der Waals surface area (Å²) in [5.74, 6) is 0.299. The Labute approximate surface area is 198 Å². The second kappa shape index (κ2) is 9.27. The van der Waals surface area contributed by atoms with E-state index in [9.17, 15) is 9.59 Å². The molecule has 0 spiro atoms. The monoisotopic (exact) mass is 461 g/mol. The number of pyridine rings is 1. The quantitative estimate of drug-likeness (QED) is 0.353. The van der Waals surface area contributed by atoms with Crippen molar-refractivity contribution in [1.29, 1.82) is 0 Å². The van der Waals surface area contributed by atoms with Gasteiger partial charge >= 0.3 is 5.97 Å². The zero-order chi connectivity index (χ0) is 23.7. The maximum absolute atomic E-state index is 13.6. The Kier molecular flexibility index (Phi) is 6.42. The number of thiol groups is 1. The lowest BCUT2D eigenvalue weighted by atomic mass is 10.00. The second-order valence-corrected chi connectivity index (χ2v) is 8.62. The third kappa shape index (κ3) is 4.09. The topological polar surface area (TPSA) is 63.9 Å². The fraction of sp³-hybridized carbons (Fsp3) is 0.269. The van der Waals surface area contributed by atoms with Gasteiger partial charge in [0.2, 0.25) is 0 Å². The molecule has 2 heterocycles. The Bertz CT molecular complexity index is 1370. The molecule has 0 aliphatic carbocycles. The summed E-state index contributed by atoms with van der Waals surface area (Å²) in [6, 6.07) is 15.2. The highest BCUT2D eigenvalue weighted by atomic mass is 32.1.